The number of phenols is 1. The lowest BCUT2D eigenvalue weighted by Crippen LogP contribution is -2.16. The van der Waals surface area contributed by atoms with Crippen LogP contribution >= 0.6 is 38.5 Å². The minimum absolute atomic E-state index is 0.0617. The standard InChI is InChI=1S/C20H16BrIN2O4/c1-3-4-12-5-11(6-16(27-2)18(12)25)10-23-24-20(26)17-8-13-7-14(21)9-15(22)19(13)28-17/h3,5-10,25H,1,4H2,2H3,(H,24,26)/b23-10-. The number of hydrazone groups is 1. The van der Waals surface area contributed by atoms with E-state index in [9.17, 15) is 9.90 Å². The summed E-state index contributed by atoms with van der Waals surface area (Å²) < 4.78 is 12.6. The van der Waals surface area contributed by atoms with Crippen LogP contribution in [0.4, 0.5) is 0 Å². The van der Waals surface area contributed by atoms with Gasteiger partial charge in [-0.3, -0.25) is 4.79 Å². The van der Waals surface area contributed by atoms with Crippen molar-refractivity contribution in [1.29, 1.82) is 0 Å². The monoisotopic (exact) mass is 554 g/mol. The highest BCUT2D eigenvalue weighted by atomic mass is 127. The van der Waals surface area contributed by atoms with E-state index in [0.29, 0.717) is 28.9 Å². The third-order valence-electron chi connectivity index (χ3n) is 3.90. The van der Waals surface area contributed by atoms with E-state index < -0.39 is 5.91 Å². The van der Waals surface area contributed by atoms with Crippen LogP contribution in [-0.4, -0.2) is 24.3 Å². The number of benzene rings is 2. The molecule has 3 aromatic rings. The van der Waals surface area contributed by atoms with Gasteiger partial charge in [0.05, 0.1) is 16.9 Å². The number of nitrogens with one attached hydrogen (secondary N) is 1. The number of halogens is 2. The van der Waals surface area contributed by atoms with Crippen LogP contribution in [0, 0.1) is 3.57 Å². The van der Waals surface area contributed by atoms with E-state index in [2.05, 4.69) is 55.6 Å². The van der Waals surface area contributed by atoms with E-state index >= 15 is 0 Å². The molecular weight excluding hydrogens is 539 g/mol. The molecule has 28 heavy (non-hydrogen) atoms. The molecule has 144 valence electrons. The van der Waals surface area contributed by atoms with Gasteiger partial charge in [0.15, 0.2) is 17.3 Å². The molecule has 0 aliphatic carbocycles. The minimum atomic E-state index is -0.462. The molecule has 1 aromatic heterocycles. The molecule has 0 spiro atoms. The quantitative estimate of drug-likeness (QED) is 0.194. The van der Waals surface area contributed by atoms with Crippen LogP contribution < -0.4 is 10.2 Å². The molecule has 8 heteroatoms. The average molecular weight is 555 g/mol. The summed E-state index contributed by atoms with van der Waals surface area (Å²) in [4.78, 5) is 12.3. The highest BCUT2D eigenvalue weighted by molar-refractivity contribution is 14.1. The summed E-state index contributed by atoms with van der Waals surface area (Å²) in [5, 5.41) is 14.9. The van der Waals surface area contributed by atoms with Gasteiger partial charge in [-0.25, -0.2) is 5.43 Å². The zero-order valence-corrected chi connectivity index (χ0v) is 18.6. The highest BCUT2D eigenvalue weighted by Crippen LogP contribution is 2.31. The third-order valence-corrected chi connectivity index (χ3v) is 5.16. The van der Waals surface area contributed by atoms with E-state index in [1.165, 1.54) is 13.3 Å². The summed E-state index contributed by atoms with van der Waals surface area (Å²) in [6.07, 6.45) is 3.62. The van der Waals surface area contributed by atoms with Gasteiger partial charge >= 0.3 is 5.91 Å². The minimum Gasteiger partial charge on any atom is -0.504 e. The third kappa shape index (κ3) is 4.39. The van der Waals surface area contributed by atoms with Crippen LogP contribution in [0.5, 0.6) is 11.5 Å². The van der Waals surface area contributed by atoms with Crippen molar-refractivity contribution in [2.24, 2.45) is 5.10 Å². The van der Waals surface area contributed by atoms with Gasteiger partial charge in [0, 0.05) is 15.4 Å². The Labute approximate surface area is 183 Å². The second-order valence-corrected chi connectivity index (χ2v) is 7.92. The molecule has 0 saturated heterocycles. The Kier molecular flexibility index (Phi) is 6.40. The summed E-state index contributed by atoms with van der Waals surface area (Å²) in [6.45, 7) is 3.67. The molecular formula is C20H16BrIN2O4. The van der Waals surface area contributed by atoms with Crippen molar-refractivity contribution in [3.63, 3.8) is 0 Å². The van der Waals surface area contributed by atoms with Gasteiger partial charge < -0.3 is 14.3 Å². The lowest BCUT2D eigenvalue weighted by Gasteiger charge is -2.09. The summed E-state index contributed by atoms with van der Waals surface area (Å²) in [5.74, 6) is 0.0893. The molecule has 0 radical (unpaired) electrons. The van der Waals surface area contributed by atoms with Crippen molar-refractivity contribution in [2.75, 3.05) is 7.11 Å². The maximum absolute atomic E-state index is 12.3. The van der Waals surface area contributed by atoms with Crippen LogP contribution in [0.3, 0.4) is 0 Å². The first-order chi connectivity index (χ1) is 13.4. The summed E-state index contributed by atoms with van der Waals surface area (Å²) >= 11 is 5.58. The molecule has 2 aromatic carbocycles. The van der Waals surface area contributed by atoms with E-state index in [-0.39, 0.29) is 11.5 Å². The molecule has 6 nitrogen and oxygen atoms in total. The van der Waals surface area contributed by atoms with Crippen LogP contribution in [0.2, 0.25) is 0 Å². The Morgan fingerprint density at radius 3 is 2.89 bits per heavy atom. The largest absolute Gasteiger partial charge is 0.504 e. The van der Waals surface area contributed by atoms with Gasteiger partial charge in [0.1, 0.15) is 5.58 Å². The lowest BCUT2D eigenvalue weighted by molar-refractivity contribution is 0.0929. The second kappa shape index (κ2) is 8.78. The molecule has 0 unspecified atom stereocenters. The Morgan fingerprint density at radius 1 is 1.39 bits per heavy atom. The summed E-state index contributed by atoms with van der Waals surface area (Å²) in [6, 6.07) is 8.82. The van der Waals surface area contributed by atoms with Crippen LogP contribution in [0.15, 0.2) is 57.0 Å². The van der Waals surface area contributed by atoms with E-state index in [1.54, 1.807) is 24.3 Å². The number of hydrogen-bond donors (Lipinski definition) is 2. The molecule has 0 atom stereocenters. The SMILES string of the molecule is C=CCc1cc(/C=N\NC(=O)c2cc3cc(Br)cc(I)c3o2)cc(OC)c1O. The van der Waals surface area contributed by atoms with Crippen LogP contribution in [-0.2, 0) is 6.42 Å². The molecule has 1 heterocycles. The number of methoxy groups -OCH3 is 1. The fourth-order valence-corrected chi connectivity index (χ4v) is 4.30. The zero-order chi connectivity index (χ0) is 20.3. The first kappa shape index (κ1) is 20.4. The Hall–Kier alpha value is -2.33. The number of carbonyl (C=O) groups excluding carboxylic acids is 1. The van der Waals surface area contributed by atoms with Gasteiger partial charge in [-0.05, 0) is 64.9 Å². The highest BCUT2D eigenvalue weighted by Gasteiger charge is 2.14. The molecule has 0 aliphatic rings. The summed E-state index contributed by atoms with van der Waals surface area (Å²) in [7, 11) is 1.47. The van der Waals surface area contributed by atoms with Crippen molar-refractivity contribution in [3.05, 3.63) is 67.9 Å². The number of hydrogen-bond acceptors (Lipinski definition) is 5. The van der Waals surface area contributed by atoms with Crippen molar-refractivity contribution >= 4 is 61.6 Å². The van der Waals surface area contributed by atoms with Crippen molar-refractivity contribution < 1.29 is 19.1 Å². The maximum Gasteiger partial charge on any atom is 0.307 e. The number of phenolic OH excluding ortho intramolecular Hbond substituents is 1. The normalized spacial score (nSPS) is 11.1. The number of fused-ring (bicyclic) bond motifs is 1. The number of aromatic hydroxyl groups is 1. The first-order valence-corrected chi connectivity index (χ1v) is 10.0. The topological polar surface area (TPSA) is 84.1 Å². The molecule has 2 N–H and O–H groups in total. The predicted octanol–water partition coefficient (Wildman–Crippen LogP) is 5.01. The number of rotatable bonds is 6. The molecule has 3 rings (SSSR count). The molecule has 0 aliphatic heterocycles. The smallest absolute Gasteiger partial charge is 0.307 e. The second-order valence-electron chi connectivity index (χ2n) is 5.84. The maximum atomic E-state index is 12.3. The van der Waals surface area contributed by atoms with Gasteiger partial charge in [0.25, 0.3) is 0 Å². The number of furan rings is 1. The van der Waals surface area contributed by atoms with Gasteiger partial charge in [-0.1, -0.05) is 22.0 Å². The molecule has 0 fully saturated rings. The van der Waals surface area contributed by atoms with E-state index in [4.69, 9.17) is 9.15 Å². The first-order valence-electron chi connectivity index (χ1n) is 8.15. The fourth-order valence-electron chi connectivity index (χ4n) is 2.64. The number of carbonyl (C=O) groups is 1. The Balaban J connectivity index is 1.79. The lowest BCUT2D eigenvalue weighted by atomic mass is 10.1. The molecule has 1 amide bonds. The van der Waals surface area contributed by atoms with Gasteiger partial charge in [-0.2, -0.15) is 5.10 Å². The number of nitrogens with zero attached hydrogens (tertiary/aromatic N) is 1. The van der Waals surface area contributed by atoms with Crippen molar-refractivity contribution in [3.8, 4) is 11.5 Å². The number of amides is 1. The van der Waals surface area contributed by atoms with Gasteiger partial charge in [-0.15, -0.1) is 6.58 Å². The Bertz CT molecular complexity index is 1090. The molecule has 0 bridgehead atoms. The van der Waals surface area contributed by atoms with Crippen molar-refractivity contribution in [2.45, 2.75) is 6.42 Å². The molecule has 0 saturated carbocycles. The number of ether oxygens (including phenoxy) is 1. The fraction of sp³-hybridized carbons (Fsp3) is 0.100. The number of allylic oxidation sites excluding steroid dienone is 1. The Morgan fingerprint density at radius 2 is 2.18 bits per heavy atom. The average Bonchev–Trinajstić information content (AvgIpc) is 3.08. The van der Waals surface area contributed by atoms with E-state index in [0.717, 1.165) is 13.4 Å². The zero-order valence-electron chi connectivity index (χ0n) is 14.8. The summed E-state index contributed by atoms with van der Waals surface area (Å²) in [5.41, 5.74) is 4.41. The predicted molar refractivity (Wildman–Crippen MR) is 120 cm³/mol. The van der Waals surface area contributed by atoms with Gasteiger partial charge in [0.2, 0.25) is 0 Å². The van der Waals surface area contributed by atoms with Crippen LogP contribution in [0.25, 0.3) is 11.0 Å². The van der Waals surface area contributed by atoms with Crippen LogP contribution in [0.1, 0.15) is 21.7 Å². The van der Waals surface area contributed by atoms with Crippen molar-refractivity contribution in [1.82, 2.24) is 5.43 Å². The van der Waals surface area contributed by atoms with E-state index in [1.807, 2.05) is 12.1 Å².